The number of hydrogen-bond acceptors (Lipinski definition) is 1. The summed E-state index contributed by atoms with van der Waals surface area (Å²) >= 11 is 0. The Morgan fingerprint density at radius 1 is 1.67 bits per heavy atom. The van der Waals surface area contributed by atoms with Crippen LogP contribution < -0.4 is 0 Å². The van der Waals surface area contributed by atoms with Crippen molar-refractivity contribution in [3.8, 4) is 0 Å². The van der Waals surface area contributed by atoms with Crippen molar-refractivity contribution in [3.63, 3.8) is 0 Å². The molecule has 0 aromatic rings. The second kappa shape index (κ2) is 8.87. The van der Waals surface area contributed by atoms with Crippen molar-refractivity contribution in [3.05, 3.63) is 0 Å². The molecule has 0 amide bonds. The van der Waals surface area contributed by atoms with Gasteiger partial charge in [-0.2, -0.15) is 0 Å². The van der Waals surface area contributed by atoms with E-state index < -0.39 is 5.97 Å². The maximum absolute atomic E-state index is 9.00. The van der Waals surface area contributed by atoms with Gasteiger partial charge >= 0.3 is 0 Å². The van der Waals surface area contributed by atoms with Gasteiger partial charge < -0.3 is 10.6 Å². The predicted molar refractivity (Wildman–Crippen MR) is 16.9 cm³/mol. The monoisotopic (exact) mass is 134 g/mol. The first-order chi connectivity index (χ1) is 1.73. The summed E-state index contributed by atoms with van der Waals surface area (Å²) < 4.78 is 0. The molecule has 0 aliphatic rings. The Morgan fingerprint density at radius 2 is 1.67 bits per heavy atom. The maximum atomic E-state index is 9.00. The molecule has 0 unspecified atom stereocenters. The molecule has 4 heteroatoms. The molecule has 0 aromatic carbocycles. The van der Waals surface area contributed by atoms with Crippen LogP contribution >= 0.6 is 0 Å². The van der Waals surface area contributed by atoms with Gasteiger partial charge in [-0.05, 0) is 0 Å². The molecule has 6 heavy (non-hydrogen) atoms. The van der Waals surface area contributed by atoms with E-state index in [9.17, 15) is 0 Å². The minimum absolute atomic E-state index is 0. The Kier molecular flexibility index (Phi) is 24.8. The van der Waals surface area contributed by atoms with Gasteiger partial charge in [0.15, 0.2) is 0 Å². The number of rotatable bonds is 0. The molecule has 3 nitrogen and oxygen atoms in total. The van der Waals surface area contributed by atoms with Gasteiger partial charge in [-0.3, -0.25) is 4.79 Å². The summed E-state index contributed by atoms with van der Waals surface area (Å²) in [4.78, 5) is 9.00. The van der Waals surface area contributed by atoms with Gasteiger partial charge in [0.2, 0.25) is 0 Å². The summed E-state index contributed by atoms with van der Waals surface area (Å²) in [5, 5.41) is 7.42. The average Bonchev–Trinajstić information content (AvgIpc) is 0.811. The topological polar surface area (TPSA) is 68.8 Å². The second-order valence-corrected chi connectivity index (χ2v) is 0.519. The first-order valence-corrected chi connectivity index (χ1v) is 0.928. The van der Waals surface area contributed by atoms with Gasteiger partial charge in [0.05, 0.1) is 0 Å². The third-order valence-corrected chi connectivity index (χ3v) is 0. The molecule has 0 saturated carbocycles. The van der Waals surface area contributed by atoms with Crippen LogP contribution in [0.1, 0.15) is 6.92 Å². The molecule has 0 spiro atoms. The third kappa shape index (κ3) is 13500. The minimum atomic E-state index is -0.833. The normalized spacial score (nSPS) is 4.17. The fraction of sp³-hybridized carbons (Fsp3) is 0.500. The molecule has 0 radical (unpaired) electrons. The summed E-state index contributed by atoms with van der Waals surface area (Å²) in [6.45, 7) is 1.08. The van der Waals surface area contributed by atoms with E-state index in [2.05, 4.69) is 0 Å². The molecular formula is C2H6FeO3. The Morgan fingerprint density at radius 3 is 1.67 bits per heavy atom. The molecule has 0 rings (SSSR count). The van der Waals surface area contributed by atoms with E-state index in [1.807, 2.05) is 0 Å². The molecule has 0 aromatic heterocycles. The largest absolute Gasteiger partial charge is 0.481 e. The Hall–Kier alpha value is -0.0505. The van der Waals surface area contributed by atoms with Crippen molar-refractivity contribution < 1.29 is 32.4 Å². The van der Waals surface area contributed by atoms with Crippen molar-refractivity contribution >= 4 is 5.97 Å². The van der Waals surface area contributed by atoms with Crippen LogP contribution in [0.2, 0.25) is 0 Å². The van der Waals surface area contributed by atoms with Gasteiger partial charge in [0, 0.05) is 24.0 Å². The molecule has 0 fully saturated rings. The van der Waals surface area contributed by atoms with Crippen LogP contribution in [0.4, 0.5) is 0 Å². The zero-order chi connectivity index (χ0) is 3.58. The molecule has 0 bridgehead atoms. The van der Waals surface area contributed by atoms with Crippen molar-refractivity contribution in [2.75, 3.05) is 0 Å². The van der Waals surface area contributed by atoms with Gasteiger partial charge in [-0.25, -0.2) is 0 Å². The van der Waals surface area contributed by atoms with Crippen LogP contribution in [0, 0.1) is 0 Å². The SMILES string of the molecule is CC(=O)O.O.[Fe]. The number of carbonyl (C=O) groups is 1. The summed E-state index contributed by atoms with van der Waals surface area (Å²) in [7, 11) is 0. The van der Waals surface area contributed by atoms with E-state index in [0.717, 1.165) is 6.92 Å². The molecule has 0 atom stereocenters. The van der Waals surface area contributed by atoms with Gasteiger partial charge in [-0.15, -0.1) is 0 Å². The Labute approximate surface area is 46.1 Å². The minimum Gasteiger partial charge on any atom is -0.481 e. The fourth-order valence-corrected chi connectivity index (χ4v) is 0. The Balaban J connectivity index is -0.0000000450. The zero-order valence-corrected chi connectivity index (χ0v) is 4.31. The summed E-state index contributed by atoms with van der Waals surface area (Å²) in [5.74, 6) is -0.833. The van der Waals surface area contributed by atoms with Crippen LogP contribution in [-0.2, 0) is 21.9 Å². The number of hydrogen-bond donors (Lipinski definition) is 1. The average molecular weight is 134 g/mol. The molecule has 0 aliphatic heterocycles. The van der Waals surface area contributed by atoms with Gasteiger partial charge in [0.1, 0.15) is 0 Å². The zero-order valence-electron chi connectivity index (χ0n) is 3.21. The van der Waals surface area contributed by atoms with Crippen molar-refractivity contribution in [1.82, 2.24) is 0 Å². The van der Waals surface area contributed by atoms with Gasteiger partial charge in [0.25, 0.3) is 5.97 Å². The van der Waals surface area contributed by atoms with E-state index in [1.54, 1.807) is 0 Å². The van der Waals surface area contributed by atoms with Crippen LogP contribution in [0.5, 0.6) is 0 Å². The van der Waals surface area contributed by atoms with Gasteiger partial charge in [-0.1, -0.05) is 0 Å². The Bertz CT molecular complexity index is 31.8. The van der Waals surface area contributed by atoms with Crippen LogP contribution in [0.15, 0.2) is 0 Å². The van der Waals surface area contributed by atoms with E-state index in [1.165, 1.54) is 0 Å². The van der Waals surface area contributed by atoms with Crippen molar-refractivity contribution in [2.24, 2.45) is 0 Å². The smallest absolute Gasteiger partial charge is 0.300 e. The first-order valence-electron chi connectivity index (χ1n) is 0.928. The summed E-state index contributed by atoms with van der Waals surface area (Å²) in [5.41, 5.74) is 0. The molecule has 40 valence electrons. The number of carboxylic acids is 1. The van der Waals surface area contributed by atoms with E-state index in [4.69, 9.17) is 9.90 Å². The van der Waals surface area contributed by atoms with E-state index in [0.29, 0.717) is 0 Å². The molecule has 0 heterocycles. The third-order valence-electron chi connectivity index (χ3n) is 0. The van der Waals surface area contributed by atoms with Crippen LogP contribution in [-0.4, -0.2) is 16.6 Å². The number of carboxylic acid groups (broad SMARTS) is 1. The summed E-state index contributed by atoms with van der Waals surface area (Å²) in [6, 6.07) is 0. The standard InChI is InChI=1S/C2H4O2.Fe.H2O/c1-2(3)4;;/h1H3,(H,3,4);;1H2. The van der Waals surface area contributed by atoms with E-state index >= 15 is 0 Å². The second-order valence-electron chi connectivity index (χ2n) is 0.519. The quantitative estimate of drug-likeness (QED) is 0.443. The van der Waals surface area contributed by atoms with Crippen molar-refractivity contribution in [2.45, 2.75) is 6.92 Å². The van der Waals surface area contributed by atoms with E-state index in [-0.39, 0.29) is 22.5 Å². The molecule has 0 saturated heterocycles. The molecule has 0 aliphatic carbocycles. The van der Waals surface area contributed by atoms with Crippen LogP contribution in [0.25, 0.3) is 0 Å². The first kappa shape index (κ1) is 16.8. The summed E-state index contributed by atoms with van der Waals surface area (Å²) in [6.07, 6.45) is 0. The molecular weight excluding hydrogens is 128 g/mol. The number of aliphatic carboxylic acids is 1. The van der Waals surface area contributed by atoms with Crippen molar-refractivity contribution in [1.29, 1.82) is 0 Å². The van der Waals surface area contributed by atoms with Crippen LogP contribution in [0.3, 0.4) is 0 Å². The maximum Gasteiger partial charge on any atom is 0.300 e. The predicted octanol–water partition coefficient (Wildman–Crippen LogP) is -0.736. The fourth-order valence-electron chi connectivity index (χ4n) is 0. The molecule has 3 N–H and O–H groups in total.